The van der Waals surface area contributed by atoms with E-state index in [1.807, 2.05) is 0 Å². The molecule has 0 saturated carbocycles. The Kier molecular flexibility index (Phi) is 4.65. The highest BCUT2D eigenvalue weighted by Crippen LogP contribution is 2.17. The Balaban J connectivity index is 1.87. The van der Waals surface area contributed by atoms with Gasteiger partial charge >= 0.3 is 0 Å². The van der Waals surface area contributed by atoms with Crippen LogP contribution in [-0.4, -0.2) is 24.5 Å². The lowest BCUT2D eigenvalue weighted by atomic mass is 10.1. The molecule has 0 saturated heterocycles. The number of benzene rings is 1. The number of aromatic nitrogens is 1. The first-order valence-corrected chi connectivity index (χ1v) is 6.21. The number of nitrogens with one attached hydrogen (secondary N) is 1. The highest BCUT2D eigenvalue weighted by molar-refractivity contribution is 5.93. The fraction of sp³-hybridized carbons (Fsp3) is 0.200. The second kappa shape index (κ2) is 6.65. The van der Waals surface area contributed by atoms with Crippen LogP contribution < -0.4 is 10.1 Å². The Labute approximate surface area is 116 Å². The van der Waals surface area contributed by atoms with Crippen molar-refractivity contribution in [3.63, 3.8) is 0 Å². The normalized spacial score (nSPS) is 10.1. The van der Waals surface area contributed by atoms with Gasteiger partial charge < -0.3 is 10.1 Å². The van der Waals surface area contributed by atoms with Crippen LogP contribution in [0.5, 0.6) is 5.75 Å². The zero-order chi connectivity index (χ0) is 14.4. The van der Waals surface area contributed by atoms with E-state index in [9.17, 15) is 9.18 Å². The van der Waals surface area contributed by atoms with Gasteiger partial charge in [-0.1, -0.05) is 6.07 Å². The van der Waals surface area contributed by atoms with E-state index in [-0.39, 0.29) is 11.7 Å². The van der Waals surface area contributed by atoms with Gasteiger partial charge in [0.1, 0.15) is 0 Å². The summed E-state index contributed by atoms with van der Waals surface area (Å²) in [6, 6.07) is 8.05. The minimum absolute atomic E-state index is 0.165. The molecule has 0 aliphatic rings. The highest BCUT2D eigenvalue weighted by atomic mass is 19.1. The number of carbonyl (C=O) groups is 1. The highest BCUT2D eigenvalue weighted by Gasteiger charge is 2.06. The van der Waals surface area contributed by atoms with Crippen molar-refractivity contribution in [2.75, 3.05) is 13.7 Å². The molecule has 104 valence electrons. The van der Waals surface area contributed by atoms with Crippen molar-refractivity contribution in [2.45, 2.75) is 6.42 Å². The average Bonchev–Trinajstić information content (AvgIpc) is 2.48. The van der Waals surface area contributed by atoms with E-state index < -0.39 is 5.82 Å². The first kappa shape index (κ1) is 14.0. The van der Waals surface area contributed by atoms with Crippen LogP contribution >= 0.6 is 0 Å². The summed E-state index contributed by atoms with van der Waals surface area (Å²) < 4.78 is 18.3. The number of rotatable bonds is 5. The van der Waals surface area contributed by atoms with Gasteiger partial charge in [0, 0.05) is 24.5 Å². The summed E-state index contributed by atoms with van der Waals surface area (Å²) in [7, 11) is 1.42. The molecule has 2 aromatic rings. The fourth-order valence-corrected chi connectivity index (χ4v) is 1.79. The fourth-order valence-electron chi connectivity index (χ4n) is 1.79. The lowest BCUT2D eigenvalue weighted by molar-refractivity contribution is 0.0954. The third kappa shape index (κ3) is 3.54. The van der Waals surface area contributed by atoms with E-state index in [4.69, 9.17) is 4.74 Å². The van der Waals surface area contributed by atoms with Gasteiger partial charge in [0.25, 0.3) is 5.91 Å². The molecule has 0 aliphatic heterocycles. The quantitative estimate of drug-likeness (QED) is 0.909. The van der Waals surface area contributed by atoms with Crippen LogP contribution in [-0.2, 0) is 6.42 Å². The second-order valence-corrected chi connectivity index (χ2v) is 4.21. The largest absolute Gasteiger partial charge is 0.494 e. The number of methoxy groups -OCH3 is 1. The maximum atomic E-state index is 13.5. The van der Waals surface area contributed by atoms with Gasteiger partial charge in [-0.05, 0) is 36.2 Å². The first-order chi connectivity index (χ1) is 9.70. The molecule has 0 spiro atoms. The number of nitrogens with zero attached hydrogens (tertiary/aromatic N) is 1. The summed E-state index contributed by atoms with van der Waals surface area (Å²) in [5.41, 5.74) is 1.36. The number of hydrogen-bond donors (Lipinski definition) is 1. The van der Waals surface area contributed by atoms with E-state index in [0.29, 0.717) is 18.5 Å². The van der Waals surface area contributed by atoms with Crippen molar-refractivity contribution in [1.29, 1.82) is 0 Å². The van der Waals surface area contributed by atoms with Crippen molar-refractivity contribution in [3.05, 3.63) is 59.7 Å². The molecule has 1 N–H and O–H groups in total. The number of ether oxygens (including phenoxy) is 1. The molecule has 1 aromatic heterocycles. The van der Waals surface area contributed by atoms with Crippen LogP contribution in [0.1, 0.15) is 15.9 Å². The molecule has 2 rings (SSSR count). The summed E-state index contributed by atoms with van der Waals surface area (Å²) in [4.78, 5) is 15.6. The molecule has 0 aliphatic carbocycles. The van der Waals surface area contributed by atoms with Crippen LogP contribution in [0.15, 0.2) is 42.7 Å². The van der Waals surface area contributed by atoms with Crippen molar-refractivity contribution in [2.24, 2.45) is 0 Å². The maximum absolute atomic E-state index is 13.5. The smallest absolute Gasteiger partial charge is 0.251 e. The Hall–Kier alpha value is -2.43. The van der Waals surface area contributed by atoms with Crippen LogP contribution in [0.25, 0.3) is 0 Å². The Morgan fingerprint density at radius 2 is 2.05 bits per heavy atom. The lowest BCUT2D eigenvalue weighted by Crippen LogP contribution is -2.25. The van der Waals surface area contributed by atoms with E-state index in [2.05, 4.69) is 10.3 Å². The third-order valence-corrected chi connectivity index (χ3v) is 2.86. The molecule has 0 unspecified atom stereocenters. The van der Waals surface area contributed by atoms with Crippen LogP contribution in [0.2, 0.25) is 0 Å². The molecule has 0 bridgehead atoms. The maximum Gasteiger partial charge on any atom is 0.251 e. The van der Waals surface area contributed by atoms with Gasteiger partial charge in [-0.25, -0.2) is 4.39 Å². The van der Waals surface area contributed by atoms with Crippen molar-refractivity contribution < 1.29 is 13.9 Å². The lowest BCUT2D eigenvalue weighted by Gasteiger charge is -2.07. The molecule has 0 radical (unpaired) electrons. The topological polar surface area (TPSA) is 51.2 Å². The number of halogens is 1. The van der Waals surface area contributed by atoms with Gasteiger partial charge in [-0.3, -0.25) is 9.78 Å². The van der Waals surface area contributed by atoms with Crippen molar-refractivity contribution >= 4 is 5.91 Å². The van der Waals surface area contributed by atoms with E-state index >= 15 is 0 Å². The molecule has 4 nitrogen and oxygen atoms in total. The van der Waals surface area contributed by atoms with E-state index in [1.165, 1.54) is 13.2 Å². The SMILES string of the molecule is COc1ccc(CCNC(=O)c2ccncc2)cc1F. The molecule has 1 aromatic carbocycles. The number of carbonyl (C=O) groups excluding carboxylic acids is 1. The minimum Gasteiger partial charge on any atom is -0.494 e. The van der Waals surface area contributed by atoms with Gasteiger partial charge in [0.15, 0.2) is 11.6 Å². The summed E-state index contributed by atoms with van der Waals surface area (Å²) in [5, 5.41) is 2.78. The molecular weight excluding hydrogens is 259 g/mol. The Morgan fingerprint density at radius 1 is 1.30 bits per heavy atom. The van der Waals surface area contributed by atoms with Crippen LogP contribution in [0.4, 0.5) is 4.39 Å². The van der Waals surface area contributed by atoms with E-state index in [0.717, 1.165) is 5.56 Å². The Bertz CT molecular complexity index is 588. The van der Waals surface area contributed by atoms with Gasteiger partial charge in [-0.15, -0.1) is 0 Å². The monoisotopic (exact) mass is 274 g/mol. The van der Waals surface area contributed by atoms with E-state index in [1.54, 1.807) is 36.7 Å². The predicted molar refractivity (Wildman–Crippen MR) is 73.2 cm³/mol. The summed E-state index contributed by atoms with van der Waals surface area (Å²) in [6.45, 7) is 0.437. The molecule has 0 atom stereocenters. The van der Waals surface area contributed by atoms with Gasteiger partial charge in [-0.2, -0.15) is 0 Å². The van der Waals surface area contributed by atoms with Gasteiger partial charge in [0.05, 0.1) is 7.11 Å². The summed E-state index contributed by atoms with van der Waals surface area (Å²) in [5.74, 6) is -0.346. The zero-order valence-electron chi connectivity index (χ0n) is 11.1. The minimum atomic E-state index is -0.398. The summed E-state index contributed by atoms with van der Waals surface area (Å²) >= 11 is 0. The predicted octanol–water partition coefficient (Wildman–Crippen LogP) is 2.20. The Morgan fingerprint density at radius 3 is 2.70 bits per heavy atom. The summed E-state index contributed by atoms with van der Waals surface area (Å²) in [6.07, 6.45) is 3.68. The number of pyridine rings is 1. The van der Waals surface area contributed by atoms with Crippen LogP contribution in [0, 0.1) is 5.82 Å². The first-order valence-electron chi connectivity index (χ1n) is 6.21. The average molecular weight is 274 g/mol. The van der Waals surface area contributed by atoms with Crippen molar-refractivity contribution in [3.8, 4) is 5.75 Å². The molecular formula is C15H15FN2O2. The molecule has 1 amide bonds. The zero-order valence-corrected chi connectivity index (χ0v) is 11.1. The second-order valence-electron chi connectivity index (χ2n) is 4.21. The third-order valence-electron chi connectivity index (χ3n) is 2.86. The molecule has 0 fully saturated rings. The standard InChI is InChI=1S/C15H15FN2O2/c1-20-14-3-2-11(10-13(14)16)4-9-18-15(19)12-5-7-17-8-6-12/h2-3,5-8,10H,4,9H2,1H3,(H,18,19). The number of amides is 1. The molecule has 5 heteroatoms. The number of hydrogen-bond acceptors (Lipinski definition) is 3. The van der Waals surface area contributed by atoms with Gasteiger partial charge in [0.2, 0.25) is 0 Å². The molecule has 1 heterocycles. The molecule has 20 heavy (non-hydrogen) atoms. The van der Waals surface area contributed by atoms with Crippen LogP contribution in [0.3, 0.4) is 0 Å². The van der Waals surface area contributed by atoms with Crippen molar-refractivity contribution in [1.82, 2.24) is 10.3 Å².